The van der Waals surface area contributed by atoms with E-state index in [-0.39, 0.29) is 116 Å². The van der Waals surface area contributed by atoms with Crippen LogP contribution < -0.4 is 20.1 Å². The van der Waals surface area contributed by atoms with Gasteiger partial charge < -0.3 is 54.2 Å². The van der Waals surface area contributed by atoms with Crippen molar-refractivity contribution in [2.75, 3.05) is 125 Å². The Morgan fingerprint density at radius 1 is 0.700 bits per heavy atom. The van der Waals surface area contributed by atoms with Crippen LogP contribution in [0, 0.1) is 0 Å². The van der Waals surface area contributed by atoms with Gasteiger partial charge in [-0.1, -0.05) is 35.3 Å². The van der Waals surface area contributed by atoms with Crippen LogP contribution in [0.25, 0.3) is 0 Å². The summed E-state index contributed by atoms with van der Waals surface area (Å²) in [5.74, 6) is -1.91. The molecule has 0 bridgehead atoms. The smallest absolute Gasteiger partial charge is 0.252 e. The van der Waals surface area contributed by atoms with Gasteiger partial charge in [-0.2, -0.15) is 0 Å². The second kappa shape index (κ2) is 27.5. The summed E-state index contributed by atoms with van der Waals surface area (Å²) in [4.78, 5) is 26.5. The molecule has 0 radical (unpaired) electrons. The van der Waals surface area contributed by atoms with Crippen LogP contribution in [-0.2, 0) is 64.6 Å². The van der Waals surface area contributed by atoms with Crippen LogP contribution in [0.3, 0.4) is 0 Å². The highest BCUT2D eigenvalue weighted by Crippen LogP contribution is 2.38. The molecule has 2 aromatic carbocycles. The van der Waals surface area contributed by atoms with Crippen molar-refractivity contribution in [2.45, 2.75) is 29.6 Å². The third kappa shape index (κ3) is 19.6. The molecule has 6 N–H and O–H groups in total. The average Bonchev–Trinajstić information content (AvgIpc) is 3.20. The lowest BCUT2D eigenvalue weighted by atomic mass is 9.85. The topological polar surface area (TPSA) is 250 Å². The van der Waals surface area contributed by atoms with Gasteiger partial charge in [-0.3, -0.25) is 9.59 Å². The Morgan fingerprint density at radius 2 is 1.13 bits per heavy atom. The monoisotopic (exact) mass is 929 g/mol. The molecule has 1 aliphatic rings. The lowest BCUT2D eigenvalue weighted by Crippen LogP contribution is -2.50. The second-order valence-corrected chi connectivity index (χ2v) is 17.9. The third-order valence-corrected chi connectivity index (χ3v) is 11.4. The summed E-state index contributed by atoms with van der Waals surface area (Å²) in [6.07, 6.45) is -2.93. The first kappa shape index (κ1) is 51.8. The number of ether oxygens (including phenoxy) is 6. The molecular weight excluding hydrogens is 873 g/mol. The van der Waals surface area contributed by atoms with Gasteiger partial charge in [0.15, 0.2) is 12.2 Å². The highest BCUT2D eigenvalue weighted by atomic mass is 35.5. The molecule has 2 amide bonds. The van der Waals surface area contributed by atoms with E-state index in [0.29, 0.717) is 16.6 Å². The van der Waals surface area contributed by atoms with Gasteiger partial charge in [0.2, 0.25) is 20.0 Å². The molecule has 1 aliphatic heterocycles. The van der Waals surface area contributed by atoms with Gasteiger partial charge in [0.05, 0.1) is 90.4 Å². The van der Waals surface area contributed by atoms with Gasteiger partial charge in [0, 0.05) is 55.2 Å². The molecule has 0 fully saturated rings. The number of amides is 2. The number of sulfonamides is 2. The largest absolute Gasteiger partial charge is 0.380 e. The SMILES string of the molecule is CN1Cc2c(Cl)cc(Cl)cc2[C@H](c2ccc(S(=O)(=O)NCCOCCOCCOCCNC(=O)[C@H](O)[C@@H](O)C(=O)NCCOCCOCCOCCNS(C)(=O)=O)cc2)C1. The number of carbonyl (C=O) groups excluding carboxylic acids is 2. The number of likely N-dealkylation sites (N-methyl/N-ethyl adjacent to an activating group) is 1. The van der Waals surface area contributed by atoms with E-state index < -0.39 is 44.1 Å². The predicted octanol–water partition coefficient (Wildman–Crippen LogP) is -0.548. The minimum atomic E-state index is -3.76. The molecule has 60 heavy (non-hydrogen) atoms. The number of rotatable bonds is 31. The number of halogens is 2. The Balaban J connectivity index is 1.14. The summed E-state index contributed by atoms with van der Waals surface area (Å²) >= 11 is 12.8. The fraction of sp³-hybridized carbons (Fsp3) is 0.622. The molecular formula is C37H57Cl2N5O14S2. The van der Waals surface area contributed by atoms with Gasteiger partial charge in [0.1, 0.15) is 0 Å². The van der Waals surface area contributed by atoms with Gasteiger partial charge >= 0.3 is 0 Å². The highest BCUT2D eigenvalue weighted by Gasteiger charge is 2.30. The Morgan fingerprint density at radius 3 is 1.60 bits per heavy atom. The first-order valence-corrected chi connectivity index (χ1v) is 23.3. The van der Waals surface area contributed by atoms with Crippen molar-refractivity contribution in [1.82, 2.24) is 25.0 Å². The molecule has 0 saturated heterocycles. The molecule has 23 heteroatoms. The van der Waals surface area contributed by atoms with E-state index in [1.807, 2.05) is 25.2 Å². The number of aliphatic hydroxyl groups excluding tert-OH is 2. The van der Waals surface area contributed by atoms with Crippen LogP contribution in [-0.4, -0.2) is 181 Å². The Kier molecular flexibility index (Phi) is 23.7. The Labute approximate surface area is 361 Å². The second-order valence-electron chi connectivity index (χ2n) is 13.5. The normalized spacial score (nSPS) is 15.7. The van der Waals surface area contributed by atoms with E-state index in [1.165, 1.54) is 0 Å². The standard InChI is InChI=1S/C37H57Cl2N5O14S2/c1-44-25-31(30-23-28(38)24-33(39)32(30)26-44)27-3-5-29(6-4-27)60(51,52)43-10-14-56-18-22-58-20-16-54-12-8-41-37(48)35(46)34(45)36(47)40-7-11-53-15-19-57-21-17-55-13-9-42-59(2,49)50/h3-6,23-24,31,34-35,42-43,45-46H,7-22,25-26H2,1-2H3,(H,40,47)(H,41,48)/t31-,34+,35+/m0/s1. The van der Waals surface area contributed by atoms with E-state index in [1.54, 1.807) is 18.2 Å². The maximum atomic E-state index is 12.9. The van der Waals surface area contributed by atoms with E-state index in [4.69, 9.17) is 51.6 Å². The first-order chi connectivity index (χ1) is 28.6. The van der Waals surface area contributed by atoms with Crippen molar-refractivity contribution in [3.63, 3.8) is 0 Å². The maximum Gasteiger partial charge on any atom is 0.252 e. The van der Waals surface area contributed by atoms with Crippen LogP contribution in [0.4, 0.5) is 0 Å². The van der Waals surface area contributed by atoms with Crippen molar-refractivity contribution in [3.8, 4) is 0 Å². The predicted molar refractivity (Wildman–Crippen MR) is 222 cm³/mol. The van der Waals surface area contributed by atoms with Crippen molar-refractivity contribution in [1.29, 1.82) is 0 Å². The number of hydrogen-bond acceptors (Lipinski definition) is 15. The van der Waals surface area contributed by atoms with E-state index in [9.17, 15) is 36.6 Å². The zero-order valence-corrected chi connectivity index (χ0v) is 36.9. The van der Waals surface area contributed by atoms with Crippen LogP contribution in [0.1, 0.15) is 22.6 Å². The number of carbonyl (C=O) groups is 2. The highest BCUT2D eigenvalue weighted by molar-refractivity contribution is 7.89. The van der Waals surface area contributed by atoms with Crippen LogP contribution >= 0.6 is 23.2 Å². The number of nitrogens with one attached hydrogen (secondary N) is 4. The summed E-state index contributed by atoms with van der Waals surface area (Å²) in [5.41, 5.74) is 3.01. The van der Waals surface area contributed by atoms with Crippen LogP contribution in [0.15, 0.2) is 41.3 Å². The third-order valence-electron chi connectivity index (χ3n) is 8.65. The van der Waals surface area contributed by atoms with Gasteiger partial charge in [-0.15, -0.1) is 0 Å². The minimum absolute atomic E-state index is 0.00706. The fourth-order valence-corrected chi connectivity index (χ4v) is 7.75. The zero-order valence-electron chi connectivity index (χ0n) is 33.7. The summed E-state index contributed by atoms with van der Waals surface area (Å²) in [6.45, 7) is 4.14. The van der Waals surface area contributed by atoms with E-state index >= 15 is 0 Å². The number of aliphatic hydroxyl groups is 2. The summed E-state index contributed by atoms with van der Waals surface area (Å²) in [7, 11) is -5.00. The number of hydrogen-bond donors (Lipinski definition) is 6. The van der Waals surface area contributed by atoms with E-state index in [0.717, 1.165) is 29.5 Å². The summed E-state index contributed by atoms with van der Waals surface area (Å²) < 4.78 is 84.5. The average molecular weight is 931 g/mol. The molecule has 2 aromatic rings. The van der Waals surface area contributed by atoms with Crippen molar-refractivity contribution >= 4 is 55.1 Å². The number of nitrogens with zero attached hydrogens (tertiary/aromatic N) is 1. The number of fused-ring (bicyclic) bond motifs is 1. The van der Waals surface area contributed by atoms with E-state index in [2.05, 4.69) is 25.0 Å². The molecule has 0 aliphatic carbocycles. The van der Waals surface area contributed by atoms with Crippen LogP contribution in [0.2, 0.25) is 10.0 Å². The zero-order chi connectivity index (χ0) is 44.0. The summed E-state index contributed by atoms with van der Waals surface area (Å²) in [5, 5.41) is 25.9. The van der Waals surface area contributed by atoms with Crippen molar-refractivity contribution in [2.24, 2.45) is 0 Å². The maximum absolute atomic E-state index is 12.9. The fourth-order valence-electron chi connectivity index (χ4n) is 5.71. The molecule has 19 nitrogen and oxygen atoms in total. The van der Waals surface area contributed by atoms with Gasteiger partial charge in [0.25, 0.3) is 11.8 Å². The lowest BCUT2D eigenvalue weighted by molar-refractivity contribution is -0.146. The molecule has 0 aromatic heterocycles. The first-order valence-electron chi connectivity index (χ1n) is 19.2. The van der Waals surface area contributed by atoms with Gasteiger partial charge in [-0.25, -0.2) is 26.3 Å². The Hall–Kier alpha value is -2.58. The molecule has 3 atom stereocenters. The van der Waals surface area contributed by atoms with Crippen molar-refractivity contribution < 1.29 is 65.1 Å². The minimum Gasteiger partial charge on any atom is -0.380 e. The van der Waals surface area contributed by atoms with Crippen molar-refractivity contribution in [3.05, 3.63) is 63.1 Å². The molecule has 340 valence electrons. The molecule has 1 heterocycles. The van der Waals surface area contributed by atoms with Crippen LogP contribution in [0.5, 0.6) is 0 Å². The molecule has 0 unspecified atom stereocenters. The molecule has 0 saturated carbocycles. The summed E-state index contributed by atoms with van der Waals surface area (Å²) in [6, 6.07) is 10.4. The number of benzene rings is 2. The Bertz CT molecular complexity index is 1830. The molecule has 3 rings (SSSR count). The quantitative estimate of drug-likeness (QED) is 0.0520. The lowest BCUT2D eigenvalue weighted by Gasteiger charge is -2.33. The molecule has 0 spiro atoms. The van der Waals surface area contributed by atoms with Gasteiger partial charge in [-0.05, 0) is 48.0 Å².